The minimum Gasteiger partial charge on any atom is -0.283 e. The number of benzene rings is 1. The van der Waals surface area contributed by atoms with E-state index in [1.54, 1.807) is 24.3 Å². The van der Waals surface area contributed by atoms with E-state index in [-0.39, 0.29) is 6.91 Å². The fourth-order valence-electron chi connectivity index (χ4n) is 1.66. The highest BCUT2D eigenvalue weighted by atomic mass is 19.4. The molecule has 0 fully saturated rings. The molecular weight excluding hydrogens is 253 g/mol. The molecule has 0 radical (unpaired) electrons. The lowest BCUT2D eigenvalue weighted by Gasteiger charge is -2.07. The maximum atomic E-state index is 12.4. The Balaban J connectivity index is 0.00000200. The molecule has 1 aromatic carbocycles. The SMILES string of the molecule is N=c1ccccc(Cc2ccc(C(F)(F)F)cc2)n1.[H+]. The summed E-state index contributed by atoms with van der Waals surface area (Å²) in [6.45, 7) is 0. The Morgan fingerprint density at radius 3 is 2.26 bits per heavy atom. The summed E-state index contributed by atoms with van der Waals surface area (Å²) < 4.78 is 37.2. The zero-order chi connectivity index (χ0) is 13.9. The fraction of sp³-hybridized carbons (Fsp3) is 0.143. The molecule has 0 atom stereocenters. The smallest absolute Gasteiger partial charge is 0.283 e. The molecule has 5 heteroatoms. The van der Waals surface area contributed by atoms with E-state index in [4.69, 9.17) is 5.41 Å². The molecule has 1 heterocycles. The number of hydrogen-bond donors (Lipinski definition) is 1. The van der Waals surface area contributed by atoms with E-state index in [1.807, 2.05) is 0 Å². The molecule has 98 valence electrons. The standard InChI is InChI=1S/C14H11F3N2/c15-14(16,17)11-7-5-10(6-8-11)9-12-3-1-2-4-13(18)19-12/h1-8,18H,9H2/p+1. The van der Waals surface area contributed by atoms with Crippen molar-refractivity contribution in [2.45, 2.75) is 12.6 Å². The first kappa shape index (κ1) is 13.3. The first-order chi connectivity index (χ1) is 8.95. The molecule has 0 aliphatic carbocycles. The number of alkyl halides is 3. The summed E-state index contributed by atoms with van der Waals surface area (Å²) in [6.07, 6.45) is -3.91. The van der Waals surface area contributed by atoms with Gasteiger partial charge in [0.15, 0.2) is 0 Å². The fourth-order valence-corrected chi connectivity index (χ4v) is 1.66. The zero-order valence-electron chi connectivity index (χ0n) is 10.9. The van der Waals surface area contributed by atoms with Crippen LogP contribution in [0.25, 0.3) is 0 Å². The molecule has 2 nitrogen and oxygen atoms in total. The molecule has 1 N–H and O–H groups in total. The molecule has 2 aromatic rings. The van der Waals surface area contributed by atoms with Crippen LogP contribution in [0.15, 0.2) is 48.5 Å². The Morgan fingerprint density at radius 1 is 1.00 bits per heavy atom. The molecule has 19 heavy (non-hydrogen) atoms. The maximum absolute atomic E-state index is 12.4. The number of hydrogen-bond acceptors (Lipinski definition) is 2. The summed E-state index contributed by atoms with van der Waals surface area (Å²) in [6, 6.07) is 11.7. The monoisotopic (exact) mass is 265 g/mol. The minimum absolute atomic E-state index is 0. The van der Waals surface area contributed by atoms with Crippen LogP contribution in [0.4, 0.5) is 13.2 Å². The van der Waals surface area contributed by atoms with Gasteiger partial charge < -0.3 is 0 Å². The van der Waals surface area contributed by atoms with Gasteiger partial charge in [-0.1, -0.05) is 24.3 Å². The molecule has 2 rings (SSSR count). The quantitative estimate of drug-likeness (QED) is 0.888. The van der Waals surface area contributed by atoms with Crippen molar-refractivity contribution in [3.05, 3.63) is 70.8 Å². The van der Waals surface area contributed by atoms with E-state index < -0.39 is 11.7 Å². The maximum Gasteiger partial charge on any atom is 1.00 e. The van der Waals surface area contributed by atoms with Crippen LogP contribution in [-0.2, 0) is 12.6 Å². The summed E-state index contributed by atoms with van der Waals surface area (Å²) in [4.78, 5) is 4.05. The van der Waals surface area contributed by atoms with E-state index in [9.17, 15) is 13.2 Å². The van der Waals surface area contributed by atoms with Crippen LogP contribution in [0.1, 0.15) is 18.2 Å². The van der Waals surface area contributed by atoms with Gasteiger partial charge in [0.2, 0.25) is 0 Å². The molecule has 0 aliphatic heterocycles. The van der Waals surface area contributed by atoms with Crippen LogP contribution in [-0.4, -0.2) is 4.98 Å². The van der Waals surface area contributed by atoms with Crippen LogP contribution in [0.2, 0.25) is 0 Å². The number of aromatic nitrogens is 1. The topological polar surface area (TPSA) is 36.7 Å². The van der Waals surface area contributed by atoms with Crippen molar-refractivity contribution < 1.29 is 14.6 Å². The number of halogens is 3. The molecule has 0 unspecified atom stereocenters. The second-order valence-electron chi connectivity index (χ2n) is 4.08. The average Bonchev–Trinajstić information content (AvgIpc) is 2.53. The van der Waals surface area contributed by atoms with Crippen molar-refractivity contribution in [2.24, 2.45) is 0 Å². The van der Waals surface area contributed by atoms with Crippen LogP contribution in [0, 0.1) is 5.41 Å². The van der Waals surface area contributed by atoms with Crippen molar-refractivity contribution in [2.75, 3.05) is 0 Å². The molecule has 0 bridgehead atoms. The predicted molar refractivity (Wildman–Crippen MR) is 65.5 cm³/mol. The lowest BCUT2D eigenvalue weighted by atomic mass is 10.1. The van der Waals surface area contributed by atoms with Gasteiger partial charge in [-0.3, -0.25) is 5.41 Å². The Labute approximate surface area is 109 Å². The van der Waals surface area contributed by atoms with Gasteiger partial charge in [0.1, 0.15) is 5.49 Å². The van der Waals surface area contributed by atoms with Crippen molar-refractivity contribution in [1.29, 1.82) is 5.41 Å². The Morgan fingerprint density at radius 2 is 1.63 bits per heavy atom. The first-order valence-electron chi connectivity index (χ1n) is 5.62. The summed E-state index contributed by atoms with van der Waals surface area (Å²) >= 11 is 0. The van der Waals surface area contributed by atoms with Gasteiger partial charge in [0, 0.05) is 12.1 Å². The Bertz CT molecular complexity index is 624. The highest BCUT2D eigenvalue weighted by Crippen LogP contribution is 2.29. The molecule has 1 aromatic heterocycles. The average molecular weight is 265 g/mol. The minimum atomic E-state index is -4.32. The zero-order valence-corrected chi connectivity index (χ0v) is 9.91. The number of rotatable bonds is 2. The van der Waals surface area contributed by atoms with E-state index in [0.717, 1.165) is 17.7 Å². The van der Waals surface area contributed by atoms with Gasteiger partial charge in [-0.15, -0.1) is 0 Å². The van der Waals surface area contributed by atoms with Gasteiger partial charge in [-0.05, 0) is 29.8 Å². The highest BCUT2D eigenvalue weighted by Gasteiger charge is 2.29. The first-order valence-corrected chi connectivity index (χ1v) is 5.62. The second kappa shape index (κ2) is 5.22. The van der Waals surface area contributed by atoms with Crippen molar-refractivity contribution in [1.82, 2.24) is 4.98 Å². The van der Waals surface area contributed by atoms with Crippen LogP contribution < -0.4 is 5.49 Å². The van der Waals surface area contributed by atoms with Gasteiger partial charge in [-0.25, -0.2) is 4.98 Å². The van der Waals surface area contributed by atoms with Gasteiger partial charge >= 0.3 is 7.60 Å². The van der Waals surface area contributed by atoms with Crippen molar-refractivity contribution in [3.8, 4) is 0 Å². The van der Waals surface area contributed by atoms with Crippen molar-refractivity contribution >= 4 is 0 Å². The summed E-state index contributed by atoms with van der Waals surface area (Å²) in [5.41, 5.74) is 0.844. The van der Waals surface area contributed by atoms with Crippen LogP contribution in [0.5, 0.6) is 0 Å². The highest BCUT2D eigenvalue weighted by molar-refractivity contribution is 5.27. The van der Waals surface area contributed by atoms with Crippen LogP contribution >= 0.6 is 0 Å². The third-order valence-electron chi connectivity index (χ3n) is 2.58. The van der Waals surface area contributed by atoms with Crippen LogP contribution in [0.3, 0.4) is 0 Å². The van der Waals surface area contributed by atoms with E-state index in [1.165, 1.54) is 12.1 Å². The molecule has 0 spiro atoms. The molecule has 0 saturated carbocycles. The Hall–Kier alpha value is -2.17. The lowest BCUT2D eigenvalue weighted by Crippen LogP contribution is -2.05. The van der Waals surface area contributed by atoms with Crippen molar-refractivity contribution in [3.63, 3.8) is 0 Å². The predicted octanol–water partition coefficient (Wildman–Crippen LogP) is 3.28. The van der Waals surface area contributed by atoms with E-state index >= 15 is 0 Å². The van der Waals surface area contributed by atoms with Gasteiger partial charge in [0.25, 0.3) is 0 Å². The summed E-state index contributed by atoms with van der Waals surface area (Å²) in [7, 11) is 0. The Kier molecular flexibility index (Phi) is 3.64. The number of nitrogens with zero attached hydrogens (tertiary/aromatic N) is 1. The third kappa shape index (κ3) is 3.64. The third-order valence-corrected chi connectivity index (χ3v) is 2.58. The summed E-state index contributed by atoms with van der Waals surface area (Å²) in [5.74, 6) is 0. The van der Waals surface area contributed by atoms with Gasteiger partial charge in [0.05, 0.1) is 5.56 Å². The molecule has 0 aliphatic rings. The van der Waals surface area contributed by atoms with E-state index in [0.29, 0.717) is 12.1 Å². The largest absolute Gasteiger partial charge is 1.00 e. The normalized spacial score (nSPS) is 11.3. The second-order valence-corrected chi connectivity index (χ2v) is 4.08. The summed E-state index contributed by atoms with van der Waals surface area (Å²) in [5, 5.41) is 7.48. The molecular formula is C14H12F3N2+. The van der Waals surface area contributed by atoms with E-state index in [2.05, 4.69) is 4.98 Å². The number of nitrogens with one attached hydrogen (secondary N) is 1. The lowest BCUT2D eigenvalue weighted by molar-refractivity contribution is -0.137. The van der Waals surface area contributed by atoms with Gasteiger partial charge in [-0.2, -0.15) is 13.2 Å². The molecule has 0 amide bonds. The molecule has 0 saturated heterocycles.